The monoisotopic (exact) mass is 513 g/mol. The van der Waals surface area contributed by atoms with Crippen LogP contribution >= 0.6 is 0 Å². The van der Waals surface area contributed by atoms with Crippen LogP contribution in [0.2, 0.25) is 0 Å². The fraction of sp³-hybridized carbons (Fsp3) is 0.667. The summed E-state index contributed by atoms with van der Waals surface area (Å²) in [5.74, 6) is -0.472. The molecule has 0 radical (unpaired) electrons. The van der Waals surface area contributed by atoms with Gasteiger partial charge in [0.1, 0.15) is 24.3 Å². The molecule has 0 bridgehead atoms. The number of ketones is 1. The Labute approximate surface area is 218 Å². The molecule has 202 valence electrons. The molecule has 0 aromatic heterocycles. The van der Waals surface area contributed by atoms with Crippen LogP contribution in [-0.4, -0.2) is 118 Å². The first kappa shape index (κ1) is 26.1. The SMILES string of the molecule is CN[C@H]1CN(C(=O)C2(NC(=O)c3ccc(N4CCN(CCOC)CC4)cc3)CCCC2)[C@@H]2C(=O)CO[C@H]12. The standard InChI is InChI=1S/C27H39N5O5/c1-28-21-17-32(23-22(33)18-37-24(21)23)26(35)27(9-3-4-10-27)29-25(34)19-5-7-20(8-6-19)31-13-11-30(12-14-31)15-16-36-2/h5-8,21,23-24,28H,3-4,9-18H2,1-2H3,(H,29,34)/t21-,23+,24+/m0/s1. The normalized spacial score (nSPS) is 27.5. The average Bonchev–Trinajstić information content (AvgIpc) is 3.65. The number of hydrogen-bond donors (Lipinski definition) is 2. The first-order chi connectivity index (χ1) is 18.0. The number of piperazine rings is 1. The van der Waals surface area contributed by atoms with Crippen molar-refractivity contribution >= 4 is 23.3 Å². The van der Waals surface area contributed by atoms with E-state index >= 15 is 0 Å². The number of methoxy groups -OCH3 is 1. The molecule has 3 atom stereocenters. The summed E-state index contributed by atoms with van der Waals surface area (Å²) in [6.07, 6.45) is 2.56. The fourth-order valence-corrected chi connectivity index (χ4v) is 6.33. The van der Waals surface area contributed by atoms with E-state index in [1.807, 2.05) is 31.3 Å². The van der Waals surface area contributed by atoms with Crippen LogP contribution in [0.1, 0.15) is 36.0 Å². The van der Waals surface area contributed by atoms with Crippen molar-refractivity contribution in [3.8, 4) is 0 Å². The molecule has 3 heterocycles. The molecular formula is C27H39N5O5. The number of carbonyl (C=O) groups is 3. The highest BCUT2D eigenvalue weighted by atomic mass is 16.5. The molecule has 10 nitrogen and oxygen atoms in total. The number of hydrogen-bond acceptors (Lipinski definition) is 8. The topological polar surface area (TPSA) is 103 Å². The van der Waals surface area contributed by atoms with E-state index in [2.05, 4.69) is 20.4 Å². The number of Topliss-reactive ketones (excluding diaryl/α,β-unsaturated/α-hetero) is 1. The van der Waals surface area contributed by atoms with Crippen molar-refractivity contribution in [2.45, 2.75) is 49.4 Å². The van der Waals surface area contributed by atoms with E-state index in [1.165, 1.54) is 0 Å². The molecule has 37 heavy (non-hydrogen) atoms. The number of ether oxygens (including phenoxy) is 2. The van der Waals surface area contributed by atoms with Crippen molar-refractivity contribution in [2.75, 3.05) is 71.5 Å². The summed E-state index contributed by atoms with van der Waals surface area (Å²) in [5.41, 5.74) is 0.648. The molecule has 2 N–H and O–H groups in total. The number of likely N-dealkylation sites (N-methyl/N-ethyl adjacent to an activating group) is 1. The van der Waals surface area contributed by atoms with Crippen LogP contribution in [0.5, 0.6) is 0 Å². The van der Waals surface area contributed by atoms with Gasteiger partial charge < -0.3 is 29.9 Å². The maximum absolute atomic E-state index is 13.9. The Bertz CT molecular complexity index is 987. The number of nitrogens with zero attached hydrogens (tertiary/aromatic N) is 3. The zero-order valence-electron chi connectivity index (χ0n) is 21.9. The Balaban J connectivity index is 1.25. The minimum atomic E-state index is -0.982. The minimum Gasteiger partial charge on any atom is -0.383 e. The molecule has 2 amide bonds. The van der Waals surface area contributed by atoms with Crippen LogP contribution in [0.15, 0.2) is 24.3 Å². The molecule has 0 unspecified atom stereocenters. The molecule has 1 aliphatic carbocycles. The van der Waals surface area contributed by atoms with E-state index in [4.69, 9.17) is 9.47 Å². The maximum Gasteiger partial charge on any atom is 0.252 e. The summed E-state index contributed by atoms with van der Waals surface area (Å²) in [6.45, 7) is 5.95. The summed E-state index contributed by atoms with van der Waals surface area (Å²) >= 11 is 0. The van der Waals surface area contributed by atoms with Gasteiger partial charge in [-0.25, -0.2) is 0 Å². The summed E-state index contributed by atoms with van der Waals surface area (Å²) in [7, 11) is 3.55. The predicted molar refractivity (Wildman–Crippen MR) is 139 cm³/mol. The summed E-state index contributed by atoms with van der Waals surface area (Å²) < 4.78 is 10.9. The number of likely N-dealkylation sites (tertiary alicyclic amines) is 1. The van der Waals surface area contributed by atoms with E-state index in [1.54, 1.807) is 12.0 Å². The molecule has 1 aromatic rings. The number of amides is 2. The van der Waals surface area contributed by atoms with E-state index in [0.29, 0.717) is 24.9 Å². The zero-order valence-corrected chi connectivity index (χ0v) is 21.9. The first-order valence-electron chi connectivity index (χ1n) is 13.5. The van der Waals surface area contributed by atoms with Gasteiger partial charge in [0.2, 0.25) is 5.91 Å². The molecule has 4 fully saturated rings. The summed E-state index contributed by atoms with van der Waals surface area (Å²) in [6, 6.07) is 6.98. The van der Waals surface area contributed by atoms with Crippen LogP contribution in [0.3, 0.4) is 0 Å². The number of nitrogens with one attached hydrogen (secondary N) is 2. The average molecular weight is 514 g/mol. The molecule has 1 aromatic carbocycles. The molecule has 1 saturated carbocycles. The van der Waals surface area contributed by atoms with Crippen molar-refractivity contribution in [3.63, 3.8) is 0 Å². The van der Waals surface area contributed by atoms with E-state index in [9.17, 15) is 14.4 Å². The van der Waals surface area contributed by atoms with E-state index < -0.39 is 11.6 Å². The first-order valence-corrected chi connectivity index (χ1v) is 13.5. The molecule has 5 rings (SSSR count). The highest BCUT2D eigenvalue weighted by Gasteiger charge is 2.56. The van der Waals surface area contributed by atoms with Crippen LogP contribution in [0.25, 0.3) is 0 Å². The fourth-order valence-electron chi connectivity index (χ4n) is 6.33. The van der Waals surface area contributed by atoms with Crippen LogP contribution in [-0.2, 0) is 19.1 Å². The second-order valence-corrected chi connectivity index (χ2v) is 10.7. The van der Waals surface area contributed by atoms with Gasteiger partial charge in [0.25, 0.3) is 5.91 Å². The van der Waals surface area contributed by atoms with Crippen molar-refractivity contribution in [3.05, 3.63) is 29.8 Å². The zero-order chi connectivity index (χ0) is 26.0. The number of benzene rings is 1. The van der Waals surface area contributed by atoms with E-state index in [0.717, 1.165) is 57.9 Å². The lowest BCUT2D eigenvalue weighted by molar-refractivity contribution is -0.142. The second-order valence-electron chi connectivity index (χ2n) is 10.7. The van der Waals surface area contributed by atoms with Gasteiger partial charge in [-0.2, -0.15) is 0 Å². The lowest BCUT2D eigenvalue weighted by atomic mass is 9.93. The second kappa shape index (κ2) is 11.1. The summed E-state index contributed by atoms with van der Waals surface area (Å²) in [5, 5.41) is 6.29. The highest BCUT2D eigenvalue weighted by Crippen LogP contribution is 2.36. The van der Waals surface area contributed by atoms with Crippen LogP contribution < -0.4 is 15.5 Å². The number of carbonyl (C=O) groups excluding carboxylic acids is 3. The Morgan fingerprint density at radius 1 is 1.11 bits per heavy atom. The van der Waals surface area contributed by atoms with Crippen LogP contribution in [0, 0.1) is 0 Å². The molecule has 3 aliphatic heterocycles. The predicted octanol–water partition coefficient (Wildman–Crippen LogP) is 0.264. The lowest BCUT2D eigenvalue weighted by Crippen LogP contribution is -2.60. The Morgan fingerprint density at radius 3 is 2.46 bits per heavy atom. The number of rotatable bonds is 8. The Kier molecular flexibility index (Phi) is 7.80. The smallest absolute Gasteiger partial charge is 0.252 e. The van der Waals surface area contributed by atoms with Crippen molar-refractivity contribution in [1.82, 2.24) is 20.4 Å². The third-order valence-corrected chi connectivity index (χ3v) is 8.51. The van der Waals surface area contributed by atoms with Gasteiger partial charge in [0, 0.05) is 57.6 Å². The highest BCUT2D eigenvalue weighted by molar-refractivity contribution is 6.01. The lowest BCUT2D eigenvalue weighted by Gasteiger charge is -2.36. The number of fused-ring (bicyclic) bond motifs is 1. The molecule has 3 saturated heterocycles. The quantitative estimate of drug-likeness (QED) is 0.511. The van der Waals surface area contributed by atoms with Crippen molar-refractivity contribution in [1.29, 1.82) is 0 Å². The van der Waals surface area contributed by atoms with Crippen LogP contribution in [0.4, 0.5) is 5.69 Å². The largest absolute Gasteiger partial charge is 0.383 e. The van der Waals surface area contributed by atoms with Gasteiger partial charge in [-0.05, 0) is 44.2 Å². The van der Waals surface area contributed by atoms with Gasteiger partial charge >= 0.3 is 0 Å². The molecule has 4 aliphatic rings. The maximum atomic E-state index is 13.9. The minimum absolute atomic E-state index is 0.0329. The third-order valence-electron chi connectivity index (χ3n) is 8.51. The van der Waals surface area contributed by atoms with Crippen molar-refractivity contribution < 1.29 is 23.9 Å². The molecular weight excluding hydrogens is 474 g/mol. The third kappa shape index (κ3) is 5.12. The molecule has 0 spiro atoms. The van der Waals surface area contributed by atoms with Gasteiger partial charge in [-0.3, -0.25) is 19.3 Å². The van der Waals surface area contributed by atoms with Gasteiger partial charge in [0.15, 0.2) is 5.78 Å². The van der Waals surface area contributed by atoms with E-state index in [-0.39, 0.29) is 36.4 Å². The molecule has 10 heteroatoms. The summed E-state index contributed by atoms with van der Waals surface area (Å²) in [4.78, 5) is 46.2. The number of anilines is 1. The van der Waals surface area contributed by atoms with Crippen molar-refractivity contribution in [2.24, 2.45) is 0 Å². The Morgan fingerprint density at radius 2 is 1.81 bits per heavy atom. The van der Waals surface area contributed by atoms with Gasteiger partial charge in [0.05, 0.1) is 12.6 Å². The Hall–Kier alpha value is -2.53. The van der Waals surface area contributed by atoms with Gasteiger partial charge in [-0.1, -0.05) is 12.8 Å². The van der Waals surface area contributed by atoms with Gasteiger partial charge in [-0.15, -0.1) is 0 Å².